The molecule has 6 nitrogen and oxygen atoms in total. The summed E-state index contributed by atoms with van der Waals surface area (Å²) in [4.78, 5) is 40.5. The molecule has 44 heavy (non-hydrogen) atoms. The molecule has 0 radical (unpaired) electrons. The van der Waals surface area contributed by atoms with Crippen molar-refractivity contribution in [2.24, 2.45) is 0 Å². The molecule has 0 fully saturated rings. The maximum absolute atomic E-state index is 13.7. The number of benzene rings is 5. The molecule has 0 spiro atoms. The quantitative estimate of drug-likeness (QED) is 0.118. The number of rotatable bonds is 9. The molecule has 0 saturated heterocycles. The molecule has 5 rings (SSSR count). The fourth-order valence-corrected chi connectivity index (χ4v) is 5.79. The molecule has 1 atom stereocenters. The van der Waals surface area contributed by atoms with Gasteiger partial charge in [0.1, 0.15) is 5.70 Å². The number of thioether (sulfide) groups is 1. The van der Waals surface area contributed by atoms with Crippen LogP contribution in [-0.4, -0.2) is 23.0 Å². The Morgan fingerprint density at radius 2 is 1.39 bits per heavy atom. The van der Waals surface area contributed by atoms with Gasteiger partial charge in [-0.3, -0.25) is 14.4 Å². The molecule has 3 amide bonds. The van der Waals surface area contributed by atoms with Crippen molar-refractivity contribution in [3.63, 3.8) is 0 Å². The summed E-state index contributed by atoms with van der Waals surface area (Å²) in [6, 6.07) is 35.7. The summed E-state index contributed by atoms with van der Waals surface area (Å²) in [6.07, 6.45) is 1.69. The van der Waals surface area contributed by atoms with Crippen LogP contribution in [0.4, 0.5) is 11.4 Å². The Morgan fingerprint density at radius 3 is 2.16 bits per heavy atom. The van der Waals surface area contributed by atoms with Gasteiger partial charge in [0.05, 0.1) is 5.25 Å². The van der Waals surface area contributed by atoms with Crippen molar-refractivity contribution < 1.29 is 14.4 Å². The molecule has 0 aromatic heterocycles. The van der Waals surface area contributed by atoms with E-state index in [1.165, 1.54) is 11.8 Å². The molecule has 5 aromatic carbocycles. The summed E-state index contributed by atoms with van der Waals surface area (Å²) < 4.78 is 0. The third-order valence-electron chi connectivity index (χ3n) is 6.92. The standard InChI is InChI=1S/C37H33N3O3S/c1-24-19-25(2)21-31(20-24)39-35(41)26(3)44-32-17-10-16-30(23-32)38-37(43)34(40-36(42)28-12-5-4-6-13-28)22-29-15-9-14-27-11-7-8-18-33(27)29/h4-23,26H,1-3H3,(H,38,43)(H,39,41)(H,40,42)/b34-22+. The van der Waals surface area contributed by atoms with E-state index >= 15 is 0 Å². The number of nitrogens with one attached hydrogen (secondary N) is 3. The number of amides is 3. The van der Waals surface area contributed by atoms with Gasteiger partial charge in [-0.2, -0.15) is 0 Å². The maximum Gasteiger partial charge on any atom is 0.272 e. The van der Waals surface area contributed by atoms with Crippen LogP contribution in [0.2, 0.25) is 0 Å². The Balaban J connectivity index is 1.35. The third-order valence-corrected chi connectivity index (χ3v) is 8.01. The number of carbonyl (C=O) groups is 3. The number of fused-ring (bicyclic) bond motifs is 1. The maximum atomic E-state index is 13.7. The van der Waals surface area contributed by atoms with Gasteiger partial charge < -0.3 is 16.0 Å². The molecule has 0 aliphatic rings. The second-order valence-electron chi connectivity index (χ2n) is 10.6. The summed E-state index contributed by atoms with van der Waals surface area (Å²) in [6.45, 7) is 5.84. The van der Waals surface area contributed by atoms with Gasteiger partial charge >= 0.3 is 0 Å². The van der Waals surface area contributed by atoms with Crippen LogP contribution in [0.25, 0.3) is 16.8 Å². The number of carbonyl (C=O) groups excluding carboxylic acids is 3. The van der Waals surface area contributed by atoms with Crippen LogP contribution in [0, 0.1) is 13.8 Å². The second kappa shape index (κ2) is 13.9. The van der Waals surface area contributed by atoms with E-state index in [9.17, 15) is 14.4 Å². The molecule has 1 unspecified atom stereocenters. The highest BCUT2D eigenvalue weighted by atomic mass is 32.2. The molecule has 3 N–H and O–H groups in total. The average Bonchev–Trinajstić information content (AvgIpc) is 3.01. The fraction of sp³-hybridized carbons (Fsp3) is 0.108. The first-order chi connectivity index (χ1) is 21.2. The second-order valence-corrected chi connectivity index (χ2v) is 12.0. The molecule has 220 valence electrons. The smallest absolute Gasteiger partial charge is 0.272 e. The van der Waals surface area contributed by atoms with Crippen LogP contribution in [0.15, 0.2) is 126 Å². The van der Waals surface area contributed by atoms with Crippen molar-refractivity contribution in [3.05, 3.63) is 143 Å². The molecule has 7 heteroatoms. The summed E-state index contributed by atoms with van der Waals surface area (Å²) in [7, 11) is 0. The minimum atomic E-state index is -0.468. The van der Waals surface area contributed by atoms with Crippen LogP contribution < -0.4 is 16.0 Å². The first kappa shape index (κ1) is 30.3. The summed E-state index contributed by atoms with van der Waals surface area (Å²) in [5.41, 5.74) is 4.82. The minimum absolute atomic E-state index is 0.106. The van der Waals surface area contributed by atoms with E-state index in [-0.39, 0.29) is 22.8 Å². The molecule has 5 aromatic rings. The highest BCUT2D eigenvalue weighted by Gasteiger charge is 2.18. The van der Waals surface area contributed by atoms with Gasteiger partial charge in [-0.05, 0) is 96.8 Å². The normalized spacial score (nSPS) is 11.9. The number of aryl methyl sites for hydroxylation is 2. The van der Waals surface area contributed by atoms with Gasteiger partial charge in [0.25, 0.3) is 11.8 Å². The molecule has 0 bridgehead atoms. The van der Waals surface area contributed by atoms with Gasteiger partial charge in [-0.15, -0.1) is 11.8 Å². The molecule has 0 aliphatic carbocycles. The largest absolute Gasteiger partial charge is 0.325 e. The van der Waals surface area contributed by atoms with Crippen LogP contribution in [0.1, 0.15) is 34.0 Å². The molecular weight excluding hydrogens is 566 g/mol. The lowest BCUT2D eigenvalue weighted by molar-refractivity contribution is -0.115. The van der Waals surface area contributed by atoms with E-state index in [4.69, 9.17) is 0 Å². The summed E-state index contributed by atoms with van der Waals surface area (Å²) >= 11 is 1.39. The van der Waals surface area contributed by atoms with Gasteiger partial charge in [-0.1, -0.05) is 72.8 Å². The first-order valence-electron chi connectivity index (χ1n) is 14.3. The highest BCUT2D eigenvalue weighted by molar-refractivity contribution is 8.00. The monoisotopic (exact) mass is 599 g/mol. The van der Waals surface area contributed by atoms with Crippen molar-refractivity contribution in [2.75, 3.05) is 10.6 Å². The Morgan fingerprint density at radius 1 is 0.705 bits per heavy atom. The predicted octanol–water partition coefficient (Wildman–Crippen LogP) is 7.99. The van der Waals surface area contributed by atoms with E-state index in [0.29, 0.717) is 11.3 Å². The van der Waals surface area contributed by atoms with Gasteiger partial charge in [-0.25, -0.2) is 0 Å². The zero-order valence-electron chi connectivity index (χ0n) is 24.8. The molecule has 0 heterocycles. The van der Waals surface area contributed by atoms with Crippen molar-refractivity contribution in [2.45, 2.75) is 30.9 Å². The highest BCUT2D eigenvalue weighted by Crippen LogP contribution is 2.27. The average molecular weight is 600 g/mol. The van der Waals surface area contributed by atoms with Crippen LogP contribution in [0.5, 0.6) is 0 Å². The van der Waals surface area contributed by atoms with Crippen molar-refractivity contribution >= 4 is 57.7 Å². The Hall–Kier alpha value is -5.14. The number of hydrogen-bond acceptors (Lipinski definition) is 4. The fourth-order valence-electron chi connectivity index (χ4n) is 4.87. The summed E-state index contributed by atoms with van der Waals surface area (Å²) in [5.74, 6) is -0.969. The Bertz CT molecular complexity index is 1840. The molecule has 0 saturated carbocycles. The van der Waals surface area contributed by atoms with E-state index in [1.54, 1.807) is 36.4 Å². The SMILES string of the molecule is Cc1cc(C)cc(NC(=O)C(C)Sc2cccc(NC(=O)/C(=C\c3cccc4ccccc34)NC(=O)c3ccccc3)c2)c1. The predicted molar refractivity (Wildman–Crippen MR) is 181 cm³/mol. The Kier molecular flexibility index (Phi) is 9.57. The lowest BCUT2D eigenvalue weighted by Gasteiger charge is -2.15. The van der Waals surface area contributed by atoms with Crippen molar-refractivity contribution in [3.8, 4) is 0 Å². The van der Waals surface area contributed by atoms with Gasteiger partial charge in [0, 0.05) is 21.8 Å². The minimum Gasteiger partial charge on any atom is -0.325 e. The van der Waals surface area contributed by atoms with E-state index in [1.807, 2.05) is 99.6 Å². The number of hydrogen-bond donors (Lipinski definition) is 3. The Labute approximate surface area is 261 Å². The van der Waals surface area contributed by atoms with E-state index < -0.39 is 5.91 Å². The summed E-state index contributed by atoms with van der Waals surface area (Å²) in [5, 5.41) is 10.3. The van der Waals surface area contributed by atoms with Crippen LogP contribution in [-0.2, 0) is 9.59 Å². The van der Waals surface area contributed by atoms with Crippen LogP contribution in [0.3, 0.4) is 0 Å². The van der Waals surface area contributed by atoms with E-state index in [0.717, 1.165) is 38.0 Å². The zero-order chi connectivity index (χ0) is 31.1. The topological polar surface area (TPSA) is 87.3 Å². The third kappa shape index (κ3) is 7.82. The molecular formula is C37H33N3O3S. The first-order valence-corrected chi connectivity index (χ1v) is 15.2. The lowest BCUT2D eigenvalue weighted by atomic mass is 10.0. The van der Waals surface area contributed by atoms with Crippen LogP contribution >= 0.6 is 11.8 Å². The molecule has 0 aliphatic heterocycles. The van der Waals surface area contributed by atoms with E-state index in [2.05, 4.69) is 22.0 Å². The van der Waals surface area contributed by atoms with Gasteiger partial charge in [0.15, 0.2) is 0 Å². The lowest BCUT2D eigenvalue weighted by Crippen LogP contribution is -2.30. The van der Waals surface area contributed by atoms with Gasteiger partial charge in [0.2, 0.25) is 5.91 Å². The van der Waals surface area contributed by atoms with Crippen molar-refractivity contribution in [1.29, 1.82) is 0 Å². The number of anilines is 2. The zero-order valence-corrected chi connectivity index (χ0v) is 25.6. The van der Waals surface area contributed by atoms with Crippen molar-refractivity contribution in [1.82, 2.24) is 5.32 Å².